The molecule has 0 amide bonds. The largest absolute Gasteiger partial charge is 0.374 e. The maximum Gasteiger partial charge on any atom is 0.0968 e. The maximum atomic E-state index is 6.50. The van der Waals surface area contributed by atoms with Gasteiger partial charge in [-0.2, -0.15) is 0 Å². The summed E-state index contributed by atoms with van der Waals surface area (Å²) in [5.41, 5.74) is 4.87. The second-order valence-corrected chi connectivity index (χ2v) is 8.50. The second-order valence-electron chi connectivity index (χ2n) is 8.50. The van der Waals surface area contributed by atoms with E-state index in [-0.39, 0.29) is 12.1 Å². The Balaban J connectivity index is 1.48. The molecule has 2 atom stereocenters. The SMILES string of the molecule is c1ccc(CN[C@@H](Cc2ccccc2)[C@H](COCc2ccccc2)OCc2ccccc2)cc1. The highest BCUT2D eigenvalue weighted by molar-refractivity contribution is 5.18. The van der Waals surface area contributed by atoms with Gasteiger partial charge in [-0.1, -0.05) is 121 Å². The molecule has 0 spiro atoms. The Morgan fingerprint density at radius 2 is 1.00 bits per heavy atom. The summed E-state index contributed by atoms with van der Waals surface area (Å²) in [5, 5.41) is 3.76. The van der Waals surface area contributed by atoms with Crippen LogP contribution in [0.4, 0.5) is 0 Å². The molecule has 174 valence electrons. The molecule has 3 heteroatoms. The predicted octanol–water partition coefficient (Wildman–Crippen LogP) is 6.19. The summed E-state index contributed by atoms with van der Waals surface area (Å²) in [6, 6.07) is 41.8. The third-order valence-electron chi connectivity index (χ3n) is 5.86. The van der Waals surface area contributed by atoms with Crippen molar-refractivity contribution in [1.29, 1.82) is 0 Å². The van der Waals surface area contributed by atoms with E-state index in [1.165, 1.54) is 16.7 Å². The number of ether oxygens (including phenoxy) is 2. The number of benzene rings is 4. The molecule has 0 unspecified atom stereocenters. The standard InChI is InChI=1S/C31H33NO2/c1-5-13-26(14-6-1)21-30(32-22-27-15-7-2-8-16-27)31(34-24-29-19-11-4-12-20-29)25-33-23-28-17-9-3-10-18-28/h1-20,30-32H,21-25H2/t30-,31-/m0/s1. The van der Waals surface area contributed by atoms with Gasteiger partial charge in [0.15, 0.2) is 0 Å². The second kappa shape index (κ2) is 13.5. The van der Waals surface area contributed by atoms with Crippen molar-refractivity contribution in [3.8, 4) is 0 Å². The molecule has 3 nitrogen and oxygen atoms in total. The number of hydrogen-bond acceptors (Lipinski definition) is 3. The van der Waals surface area contributed by atoms with Gasteiger partial charge in [-0.05, 0) is 28.7 Å². The van der Waals surface area contributed by atoms with Gasteiger partial charge < -0.3 is 14.8 Å². The number of nitrogens with one attached hydrogen (secondary N) is 1. The molecule has 0 aromatic heterocycles. The predicted molar refractivity (Wildman–Crippen MR) is 138 cm³/mol. The molecule has 0 saturated carbocycles. The smallest absolute Gasteiger partial charge is 0.0968 e. The summed E-state index contributed by atoms with van der Waals surface area (Å²) < 4.78 is 12.7. The Labute approximate surface area is 203 Å². The van der Waals surface area contributed by atoms with Crippen LogP contribution in [0.2, 0.25) is 0 Å². The normalized spacial score (nSPS) is 12.8. The van der Waals surface area contributed by atoms with E-state index in [1.807, 2.05) is 30.3 Å². The first-order valence-electron chi connectivity index (χ1n) is 12.0. The lowest BCUT2D eigenvalue weighted by atomic mass is 10.0. The summed E-state index contributed by atoms with van der Waals surface area (Å²) in [6.07, 6.45) is 0.759. The van der Waals surface area contributed by atoms with E-state index in [4.69, 9.17) is 9.47 Å². The molecular weight excluding hydrogens is 418 g/mol. The average molecular weight is 452 g/mol. The van der Waals surface area contributed by atoms with Gasteiger partial charge >= 0.3 is 0 Å². The Kier molecular flexibility index (Phi) is 9.46. The van der Waals surface area contributed by atoms with Crippen LogP contribution in [0.5, 0.6) is 0 Å². The minimum Gasteiger partial charge on any atom is -0.374 e. The van der Waals surface area contributed by atoms with Crippen LogP contribution in [0.1, 0.15) is 22.3 Å². The highest BCUT2D eigenvalue weighted by Crippen LogP contribution is 2.14. The van der Waals surface area contributed by atoms with Gasteiger partial charge in [0.05, 0.1) is 25.9 Å². The highest BCUT2D eigenvalue weighted by Gasteiger charge is 2.23. The highest BCUT2D eigenvalue weighted by atomic mass is 16.5. The van der Waals surface area contributed by atoms with Gasteiger partial charge in [0, 0.05) is 12.6 Å². The summed E-state index contributed by atoms with van der Waals surface area (Å²) >= 11 is 0. The summed E-state index contributed by atoms with van der Waals surface area (Å²) in [5.74, 6) is 0. The molecule has 34 heavy (non-hydrogen) atoms. The van der Waals surface area contributed by atoms with Crippen molar-refractivity contribution < 1.29 is 9.47 Å². The molecule has 4 aromatic carbocycles. The number of rotatable bonds is 13. The molecule has 4 aromatic rings. The zero-order valence-electron chi connectivity index (χ0n) is 19.6. The molecule has 0 aliphatic carbocycles. The molecule has 0 aliphatic heterocycles. The van der Waals surface area contributed by atoms with Crippen LogP contribution < -0.4 is 5.32 Å². The lowest BCUT2D eigenvalue weighted by Crippen LogP contribution is -2.45. The first-order valence-corrected chi connectivity index (χ1v) is 12.0. The molecule has 0 fully saturated rings. The molecule has 1 N–H and O–H groups in total. The van der Waals surface area contributed by atoms with Crippen molar-refractivity contribution in [1.82, 2.24) is 5.32 Å². The van der Waals surface area contributed by atoms with Gasteiger partial charge in [-0.25, -0.2) is 0 Å². The molecular formula is C31H33NO2. The fourth-order valence-corrected chi connectivity index (χ4v) is 3.97. The minimum atomic E-state index is -0.104. The van der Waals surface area contributed by atoms with Crippen LogP contribution in [0.25, 0.3) is 0 Å². The van der Waals surface area contributed by atoms with Crippen molar-refractivity contribution in [3.63, 3.8) is 0 Å². The first kappa shape index (κ1) is 23.9. The fourth-order valence-electron chi connectivity index (χ4n) is 3.97. The zero-order chi connectivity index (χ0) is 23.3. The summed E-state index contributed by atoms with van der Waals surface area (Å²) in [4.78, 5) is 0. The van der Waals surface area contributed by atoms with E-state index in [0.29, 0.717) is 19.8 Å². The minimum absolute atomic E-state index is 0.0992. The van der Waals surface area contributed by atoms with Gasteiger partial charge in [0.1, 0.15) is 0 Å². The third-order valence-corrected chi connectivity index (χ3v) is 5.86. The molecule has 0 heterocycles. The van der Waals surface area contributed by atoms with Crippen LogP contribution in [0.15, 0.2) is 121 Å². The third kappa shape index (κ3) is 7.96. The van der Waals surface area contributed by atoms with E-state index in [9.17, 15) is 0 Å². The number of hydrogen-bond donors (Lipinski definition) is 1. The van der Waals surface area contributed by atoms with E-state index in [2.05, 4.69) is 96.3 Å². The molecule has 0 bridgehead atoms. The monoisotopic (exact) mass is 451 g/mol. The quantitative estimate of drug-likeness (QED) is 0.263. The van der Waals surface area contributed by atoms with Gasteiger partial charge in [0.25, 0.3) is 0 Å². The molecule has 0 radical (unpaired) electrons. The van der Waals surface area contributed by atoms with Crippen molar-refractivity contribution in [3.05, 3.63) is 144 Å². The van der Waals surface area contributed by atoms with E-state index in [0.717, 1.165) is 18.5 Å². The van der Waals surface area contributed by atoms with Crippen LogP contribution >= 0.6 is 0 Å². The van der Waals surface area contributed by atoms with Crippen LogP contribution in [-0.4, -0.2) is 18.8 Å². The van der Waals surface area contributed by atoms with Crippen LogP contribution in [0.3, 0.4) is 0 Å². The average Bonchev–Trinajstić information content (AvgIpc) is 2.91. The van der Waals surface area contributed by atoms with Crippen molar-refractivity contribution >= 4 is 0 Å². The van der Waals surface area contributed by atoms with Crippen molar-refractivity contribution in [2.45, 2.75) is 38.3 Å². The topological polar surface area (TPSA) is 30.5 Å². The van der Waals surface area contributed by atoms with Gasteiger partial charge in [-0.15, -0.1) is 0 Å². The summed E-state index contributed by atoms with van der Waals surface area (Å²) in [7, 11) is 0. The maximum absolute atomic E-state index is 6.50. The molecule has 0 aliphatic rings. The lowest BCUT2D eigenvalue weighted by molar-refractivity contribution is -0.0477. The zero-order valence-corrected chi connectivity index (χ0v) is 19.6. The Morgan fingerprint density at radius 1 is 0.529 bits per heavy atom. The Morgan fingerprint density at radius 3 is 1.56 bits per heavy atom. The lowest BCUT2D eigenvalue weighted by Gasteiger charge is -2.29. The molecule has 0 saturated heterocycles. The van der Waals surface area contributed by atoms with Crippen LogP contribution in [-0.2, 0) is 35.7 Å². The van der Waals surface area contributed by atoms with Gasteiger partial charge in [-0.3, -0.25) is 0 Å². The molecule has 4 rings (SSSR count). The van der Waals surface area contributed by atoms with E-state index < -0.39 is 0 Å². The Hall–Kier alpha value is -3.24. The van der Waals surface area contributed by atoms with E-state index >= 15 is 0 Å². The fraction of sp³-hybridized carbons (Fsp3) is 0.226. The Bertz CT molecular complexity index is 1060. The first-order chi connectivity index (χ1) is 16.9. The van der Waals surface area contributed by atoms with Crippen molar-refractivity contribution in [2.24, 2.45) is 0 Å². The van der Waals surface area contributed by atoms with Crippen molar-refractivity contribution in [2.75, 3.05) is 6.61 Å². The van der Waals surface area contributed by atoms with E-state index in [1.54, 1.807) is 0 Å². The van der Waals surface area contributed by atoms with Crippen LogP contribution in [0, 0.1) is 0 Å². The summed E-state index contributed by atoms with van der Waals surface area (Å²) in [6.45, 7) is 2.42. The van der Waals surface area contributed by atoms with Gasteiger partial charge in [0.2, 0.25) is 0 Å².